The minimum absolute atomic E-state index is 0.390. The summed E-state index contributed by atoms with van der Waals surface area (Å²) in [6.45, 7) is 2.02. The fourth-order valence-corrected chi connectivity index (χ4v) is 2.95. The quantitative estimate of drug-likeness (QED) is 0.640. The van der Waals surface area contributed by atoms with Gasteiger partial charge in [0, 0.05) is 12.3 Å². The summed E-state index contributed by atoms with van der Waals surface area (Å²) < 4.78 is 0. The zero-order valence-corrected chi connectivity index (χ0v) is 11.7. The van der Waals surface area contributed by atoms with Gasteiger partial charge in [0.2, 0.25) is 0 Å². The van der Waals surface area contributed by atoms with Crippen LogP contribution >= 0.6 is 0 Å². The molecule has 1 saturated carbocycles. The van der Waals surface area contributed by atoms with Crippen LogP contribution in [0.4, 0.5) is 0 Å². The van der Waals surface area contributed by atoms with E-state index >= 15 is 0 Å². The van der Waals surface area contributed by atoms with Gasteiger partial charge >= 0.3 is 0 Å². The molecule has 0 aromatic rings. The molecule has 1 nitrogen and oxygen atoms in total. The second-order valence-electron chi connectivity index (χ2n) is 5.63. The van der Waals surface area contributed by atoms with Gasteiger partial charge < -0.3 is 0 Å². The predicted octanol–water partition coefficient (Wildman–Crippen LogP) is 5.28. The highest BCUT2D eigenvalue weighted by atomic mass is 16.1. The maximum absolute atomic E-state index is 11.9. The zero-order valence-electron chi connectivity index (χ0n) is 11.7. The van der Waals surface area contributed by atoms with E-state index in [1.54, 1.807) is 0 Å². The van der Waals surface area contributed by atoms with Gasteiger partial charge in [-0.3, -0.25) is 4.79 Å². The number of Topliss-reactive ketones (excluding diaryl/α,β-unsaturated/α-hetero) is 1. The van der Waals surface area contributed by atoms with Gasteiger partial charge in [-0.1, -0.05) is 71.1 Å². The van der Waals surface area contributed by atoms with Crippen molar-refractivity contribution in [2.75, 3.05) is 0 Å². The highest BCUT2D eigenvalue weighted by molar-refractivity contribution is 5.80. The van der Waals surface area contributed by atoms with Gasteiger partial charge in [-0.25, -0.2) is 0 Å². The highest BCUT2D eigenvalue weighted by Crippen LogP contribution is 2.22. The number of rotatable bonds is 2. The molecule has 0 aromatic carbocycles. The normalized spacial score (nSPS) is 22.2. The highest BCUT2D eigenvalue weighted by Gasteiger charge is 2.15. The van der Waals surface area contributed by atoms with Crippen molar-refractivity contribution in [1.82, 2.24) is 0 Å². The summed E-state index contributed by atoms with van der Waals surface area (Å²) in [4.78, 5) is 11.9. The van der Waals surface area contributed by atoms with Crippen molar-refractivity contribution in [2.24, 2.45) is 5.92 Å². The monoisotopic (exact) mass is 238 g/mol. The van der Waals surface area contributed by atoms with Crippen LogP contribution in [0, 0.1) is 5.92 Å². The number of carbonyl (C=O) groups is 1. The van der Waals surface area contributed by atoms with Crippen molar-refractivity contribution in [3.05, 3.63) is 0 Å². The fraction of sp³-hybridized carbons (Fsp3) is 0.938. The number of hydrogen-bond acceptors (Lipinski definition) is 1. The van der Waals surface area contributed by atoms with E-state index in [9.17, 15) is 4.79 Å². The maximum atomic E-state index is 11.9. The molecule has 0 atom stereocenters. The van der Waals surface area contributed by atoms with Crippen molar-refractivity contribution in [3.8, 4) is 0 Å². The number of ketones is 1. The molecule has 0 heterocycles. The van der Waals surface area contributed by atoms with Crippen LogP contribution in [-0.4, -0.2) is 5.78 Å². The van der Waals surface area contributed by atoms with Gasteiger partial charge in [-0.05, 0) is 12.8 Å². The van der Waals surface area contributed by atoms with Gasteiger partial charge in [-0.15, -0.1) is 0 Å². The van der Waals surface area contributed by atoms with E-state index in [0.29, 0.717) is 11.7 Å². The van der Waals surface area contributed by atoms with E-state index in [1.165, 1.54) is 64.2 Å². The standard InChI is InChI=1S/C16H30O/c1-2-16(17)15-13-11-9-7-5-3-4-6-8-10-12-14-15/h15H,2-14H2,1H3. The van der Waals surface area contributed by atoms with Crippen LogP contribution in [0.3, 0.4) is 0 Å². The average molecular weight is 238 g/mol. The number of hydrogen-bond donors (Lipinski definition) is 0. The molecule has 0 radical (unpaired) electrons. The van der Waals surface area contributed by atoms with Crippen LogP contribution < -0.4 is 0 Å². The third-order valence-corrected chi connectivity index (χ3v) is 4.16. The molecule has 0 bridgehead atoms. The fourth-order valence-electron chi connectivity index (χ4n) is 2.95. The minimum atomic E-state index is 0.390. The molecule has 0 saturated heterocycles. The molecule has 0 unspecified atom stereocenters. The van der Waals surface area contributed by atoms with Crippen molar-refractivity contribution < 1.29 is 4.79 Å². The molecule has 0 N–H and O–H groups in total. The Morgan fingerprint density at radius 2 is 1.12 bits per heavy atom. The van der Waals surface area contributed by atoms with E-state index < -0.39 is 0 Å². The summed E-state index contributed by atoms with van der Waals surface area (Å²) in [5.74, 6) is 0.903. The van der Waals surface area contributed by atoms with Crippen LogP contribution in [0.1, 0.15) is 90.4 Å². The Hall–Kier alpha value is -0.330. The summed E-state index contributed by atoms with van der Waals surface area (Å²) in [7, 11) is 0. The summed E-state index contributed by atoms with van der Waals surface area (Å²) in [5, 5.41) is 0. The molecule has 0 aromatic heterocycles. The first kappa shape index (κ1) is 14.7. The van der Waals surface area contributed by atoms with Gasteiger partial charge in [-0.2, -0.15) is 0 Å². The molecular weight excluding hydrogens is 208 g/mol. The van der Waals surface area contributed by atoms with Crippen LogP contribution in [-0.2, 0) is 4.79 Å². The van der Waals surface area contributed by atoms with E-state index in [4.69, 9.17) is 0 Å². The third-order valence-electron chi connectivity index (χ3n) is 4.16. The van der Waals surface area contributed by atoms with Gasteiger partial charge in [0.15, 0.2) is 0 Å². The predicted molar refractivity (Wildman–Crippen MR) is 74.2 cm³/mol. The molecule has 17 heavy (non-hydrogen) atoms. The topological polar surface area (TPSA) is 17.1 Å². The van der Waals surface area contributed by atoms with E-state index in [-0.39, 0.29) is 0 Å². The molecule has 0 spiro atoms. The Balaban J connectivity index is 2.33. The lowest BCUT2D eigenvalue weighted by Crippen LogP contribution is -2.13. The molecule has 1 aliphatic carbocycles. The summed E-state index contributed by atoms with van der Waals surface area (Å²) in [5.41, 5.74) is 0. The first-order valence-electron chi connectivity index (χ1n) is 7.87. The molecule has 1 heteroatoms. The zero-order chi connectivity index (χ0) is 12.3. The molecule has 100 valence electrons. The van der Waals surface area contributed by atoms with Crippen molar-refractivity contribution in [3.63, 3.8) is 0 Å². The Morgan fingerprint density at radius 1 is 0.765 bits per heavy atom. The Morgan fingerprint density at radius 3 is 1.47 bits per heavy atom. The maximum Gasteiger partial charge on any atom is 0.135 e. The second-order valence-corrected chi connectivity index (χ2v) is 5.63. The van der Waals surface area contributed by atoms with Gasteiger partial charge in [0.1, 0.15) is 5.78 Å². The summed E-state index contributed by atoms with van der Waals surface area (Å²) in [6.07, 6.45) is 16.7. The average Bonchev–Trinajstić information content (AvgIpc) is 2.38. The number of carbonyl (C=O) groups excluding carboxylic acids is 1. The smallest absolute Gasteiger partial charge is 0.135 e. The first-order valence-corrected chi connectivity index (χ1v) is 7.87. The molecule has 1 rings (SSSR count). The minimum Gasteiger partial charge on any atom is -0.299 e. The van der Waals surface area contributed by atoms with Crippen LogP contribution in [0.5, 0.6) is 0 Å². The lowest BCUT2D eigenvalue weighted by Gasteiger charge is -2.14. The van der Waals surface area contributed by atoms with E-state index in [1.807, 2.05) is 6.92 Å². The molecule has 0 aliphatic heterocycles. The van der Waals surface area contributed by atoms with E-state index in [2.05, 4.69) is 0 Å². The SMILES string of the molecule is CCC(=O)C1CCCCCCCCCCCC1. The Labute approximate surface area is 107 Å². The summed E-state index contributed by atoms with van der Waals surface area (Å²) in [6, 6.07) is 0. The van der Waals surface area contributed by atoms with Gasteiger partial charge in [0.05, 0.1) is 0 Å². The first-order chi connectivity index (χ1) is 8.34. The largest absolute Gasteiger partial charge is 0.299 e. The molecular formula is C16H30O. The molecule has 1 aliphatic rings. The van der Waals surface area contributed by atoms with Crippen molar-refractivity contribution >= 4 is 5.78 Å². The van der Waals surface area contributed by atoms with Gasteiger partial charge in [0.25, 0.3) is 0 Å². The van der Waals surface area contributed by atoms with Crippen molar-refractivity contribution in [2.45, 2.75) is 90.4 Å². The van der Waals surface area contributed by atoms with Crippen LogP contribution in [0.15, 0.2) is 0 Å². The lowest BCUT2D eigenvalue weighted by molar-refractivity contribution is -0.123. The molecule has 1 fully saturated rings. The van der Waals surface area contributed by atoms with E-state index in [0.717, 1.165) is 19.3 Å². The Kier molecular flexibility index (Phi) is 8.38. The lowest BCUT2D eigenvalue weighted by atomic mass is 9.90. The van der Waals surface area contributed by atoms with Crippen molar-refractivity contribution in [1.29, 1.82) is 0 Å². The Bertz CT molecular complexity index is 184. The molecule has 0 amide bonds. The summed E-state index contributed by atoms with van der Waals surface area (Å²) >= 11 is 0. The third kappa shape index (κ3) is 6.85. The van der Waals surface area contributed by atoms with Crippen LogP contribution in [0.2, 0.25) is 0 Å². The van der Waals surface area contributed by atoms with Crippen LogP contribution in [0.25, 0.3) is 0 Å². The second kappa shape index (κ2) is 9.67.